The van der Waals surface area contributed by atoms with Crippen LogP contribution in [0.15, 0.2) is 4.52 Å². The Morgan fingerprint density at radius 1 is 1.26 bits per heavy atom. The molecule has 23 heavy (non-hydrogen) atoms. The van der Waals surface area contributed by atoms with E-state index in [0.29, 0.717) is 30.1 Å². The molecule has 1 aromatic rings. The van der Waals surface area contributed by atoms with Crippen LogP contribution in [0.2, 0.25) is 0 Å². The Hall–Kier alpha value is -1.40. The van der Waals surface area contributed by atoms with Gasteiger partial charge in [-0.1, -0.05) is 19.0 Å². The highest BCUT2D eigenvalue weighted by molar-refractivity contribution is 5.96. The van der Waals surface area contributed by atoms with E-state index in [1.807, 2.05) is 25.7 Å². The number of aliphatic hydroxyl groups excluding tert-OH is 1. The fourth-order valence-electron chi connectivity index (χ4n) is 3.80. The van der Waals surface area contributed by atoms with Gasteiger partial charge < -0.3 is 14.5 Å². The van der Waals surface area contributed by atoms with Crippen LogP contribution in [0.1, 0.15) is 60.8 Å². The average molecular weight is 321 g/mol. The zero-order valence-electron chi connectivity index (χ0n) is 14.3. The number of amides is 1. The van der Waals surface area contributed by atoms with Crippen molar-refractivity contribution < 1.29 is 14.4 Å². The molecule has 1 saturated heterocycles. The summed E-state index contributed by atoms with van der Waals surface area (Å²) in [4.78, 5) is 17.1. The molecule has 1 aromatic heterocycles. The molecule has 0 aromatic carbocycles. The standard InChI is InChI=1S/C17H27N3O3/c1-11(2)16-15(12(3)18-23-16)17(22)20-9-7-19(8-10-20)13-5-4-6-14(13)21/h11,13-14,21H,4-10H2,1-3H3/t13-,14-/m1/s1. The van der Waals surface area contributed by atoms with Crippen LogP contribution >= 0.6 is 0 Å². The number of aliphatic hydroxyl groups is 1. The summed E-state index contributed by atoms with van der Waals surface area (Å²) in [6.07, 6.45) is 2.87. The summed E-state index contributed by atoms with van der Waals surface area (Å²) in [5.74, 6) is 0.852. The summed E-state index contributed by atoms with van der Waals surface area (Å²) in [5, 5.41) is 14.0. The molecule has 128 valence electrons. The molecule has 1 aliphatic carbocycles. The van der Waals surface area contributed by atoms with Crippen molar-refractivity contribution in [3.63, 3.8) is 0 Å². The molecule has 6 nitrogen and oxygen atoms in total. The first-order valence-electron chi connectivity index (χ1n) is 8.66. The molecule has 1 amide bonds. The molecular weight excluding hydrogens is 294 g/mol. The van der Waals surface area contributed by atoms with Crippen molar-refractivity contribution in [1.29, 1.82) is 0 Å². The van der Waals surface area contributed by atoms with E-state index in [0.717, 1.165) is 32.4 Å². The summed E-state index contributed by atoms with van der Waals surface area (Å²) in [6.45, 7) is 8.90. The molecule has 1 saturated carbocycles. The quantitative estimate of drug-likeness (QED) is 0.919. The SMILES string of the molecule is Cc1noc(C(C)C)c1C(=O)N1CCN([C@@H]2CCC[C@H]2O)CC1. The summed E-state index contributed by atoms with van der Waals surface area (Å²) in [5.41, 5.74) is 1.31. The van der Waals surface area contributed by atoms with E-state index in [1.165, 1.54) is 0 Å². The molecule has 2 heterocycles. The maximum atomic E-state index is 12.9. The van der Waals surface area contributed by atoms with E-state index in [1.54, 1.807) is 0 Å². The molecule has 2 fully saturated rings. The Bertz CT molecular complexity index is 561. The van der Waals surface area contributed by atoms with E-state index in [-0.39, 0.29) is 24.0 Å². The minimum atomic E-state index is -0.204. The topological polar surface area (TPSA) is 69.8 Å². The fraction of sp³-hybridized carbons (Fsp3) is 0.765. The number of piperazine rings is 1. The Morgan fingerprint density at radius 2 is 1.96 bits per heavy atom. The number of carbonyl (C=O) groups is 1. The highest BCUT2D eigenvalue weighted by Gasteiger charge is 2.34. The van der Waals surface area contributed by atoms with Gasteiger partial charge in [-0.25, -0.2) is 0 Å². The maximum absolute atomic E-state index is 12.9. The molecule has 6 heteroatoms. The lowest BCUT2D eigenvalue weighted by atomic mass is 10.0. The van der Waals surface area contributed by atoms with Crippen molar-refractivity contribution in [2.45, 2.75) is 58.1 Å². The van der Waals surface area contributed by atoms with Gasteiger partial charge in [0.25, 0.3) is 5.91 Å². The molecule has 3 rings (SSSR count). The predicted molar refractivity (Wildman–Crippen MR) is 86.5 cm³/mol. The van der Waals surface area contributed by atoms with Gasteiger partial charge in [-0.15, -0.1) is 0 Å². The molecule has 1 N–H and O–H groups in total. The Labute approximate surface area is 137 Å². The molecular formula is C17H27N3O3. The Kier molecular flexibility index (Phi) is 4.73. The lowest BCUT2D eigenvalue weighted by molar-refractivity contribution is 0.0314. The van der Waals surface area contributed by atoms with Crippen LogP contribution in [0, 0.1) is 6.92 Å². The number of rotatable bonds is 3. The lowest BCUT2D eigenvalue weighted by Crippen LogP contribution is -2.53. The van der Waals surface area contributed by atoms with Gasteiger partial charge in [-0.05, 0) is 26.2 Å². The average Bonchev–Trinajstić information content (AvgIpc) is 3.12. The largest absolute Gasteiger partial charge is 0.391 e. The Morgan fingerprint density at radius 3 is 2.52 bits per heavy atom. The van der Waals surface area contributed by atoms with Crippen LogP contribution in [0.3, 0.4) is 0 Å². The highest BCUT2D eigenvalue weighted by Crippen LogP contribution is 2.27. The van der Waals surface area contributed by atoms with Crippen molar-refractivity contribution in [2.75, 3.05) is 26.2 Å². The maximum Gasteiger partial charge on any atom is 0.259 e. The van der Waals surface area contributed by atoms with Crippen LogP contribution < -0.4 is 0 Å². The summed E-state index contributed by atoms with van der Waals surface area (Å²) in [7, 11) is 0. The number of carbonyl (C=O) groups excluding carboxylic acids is 1. The highest BCUT2D eigenvalue weighted by atomic mass is 16.5. The number of hydrogen-bond donors (Lipinski definition) is 1. The van der Waals surface area contributed by atoms with Gasteiger partial charge in [0.2, 0.25) is 0 Å². The van der Waals surface area contributed by atoms with E-state index in [2.05, 4.69) is 10.1 Å². The summed E-state index contributed by atoms with van der Waals surface area (Å²) in [6, 6.07) is 0.274. The molecule has 1 aliphatic heterocycles. The number of nitrogens with zero attached hydrogens (tertiary/aromatic N) is 3. The van der Waals surface area contributed by atoms with Gasteiger partial charge in [0.05, 0.1) is 11.8 Å². The van der Waals surface area contributed by atoms with E-state index in [4.69, 9.17) is 4.52 Å². The minimum Gasteiger partial charge on any atom is -0.391 e. The van der Waals surface area contributed by atoms with Gasteiger partial charge in [0.1, 0.15) is 5.56 Å². The third kappa shape index (κ3) is 3.15. The monoisotopic (exact) mass is 321 g/mol. The summed E-state index contributed by atoms with van der Waals surface area (Å²) < 4.78 is 5.34. The fourth-order valence-corrected chi connectivity index (χ4v) is 3.80. The number of hydrogen-bond acceptors (Lipinski definition) is 5. The molecule has 2 aliphatic rings. The van der Waals surface area contributed by atoms with Crippen molar-refractivity contribution in [3.05, 3.63) is 17.0 Å². The van der Waals surface area contributed by atoms with Crippen molar-refractivity contribution in [2.24, 2.45) is 0 Å². The van der Waals surface area contributed by atoms with Crippen LogP contribution in [0.25, 0.3) is 0 Å². The smallest absolute Gasteiger partial charge is 0.259 e. The second kappa shape index (κ2) is 6.61. The van der Waals surface area contributed by atoms with Crippen molar-refractivity contribution >= 4 is 5.91 Å². The van der Waals surface area contributed by atoms with Gasteiger partial charge in [-0.3, -0.25) is 9.69 Å². The third-order valence-electron chi connectivity index (χ3n) is 5.14. The Balaban J connectivity index is 1.66. The van der Waals surface area contributed by atoms with Gasteiger partial charge in [0, 0.05) is 38.1 Å². The first-order valence-corrected chi connectivity index (χ1v) is 8.66. The van der Waals surface area contributed by atoms with Crippen LogP contribution in [-0.4, -0.2) is 64.3 Å². The van der Waals surface area contributed by atoms with E-state index >= 15 is 0 Å². The second-order valence-electron chi connectivity index (χ2n) is 7.06. The molecule has 0 radical (unpaired) electrons. The molecule has 0 spiro atoms. The lowest BCUT2D eigenvalue weighted by Gasteiger charge is -2.39. The molecule has 0 bridgehead atoms. The first-order chi connectivity index (χ1) is 11.0. The molecule has 0 unspecified atom stereocenters. The molecule has 2 atom stereocenters. The first kappa shape index (κ1) is 16.5. The predicted octanol–water partition coefficient (Wildman–Crippen LogP) is 1.78. The van der Waals surface area contributed by atoms with E-state index < -0.39 is 0 Å². The van der Waals surface area contributed by atoms with Crippen molar-refractivity contribution in [3.8, 4) is 0 Å². The minimum absolute atomic E-state index is 0.0269. The third-order valence-corrected chi connectivity index (χ3v) is 5.14. The van der Waals surface area contributed by atoms with E-state index in [9.17, 15) is 9.90 Å². The van der Waals surface area contributed by atoms with Gasteiger partial charge >= 0.3 is 0 Å². The van der Waals surface area contributed by atoms with Gasteiger partial charge in [-0.2, -0.15) is 0 Å². The normalized spacial score (nSPS) is 26.2. The number of aryl methyl sites for hydroxylation is 1. The van der Waals surface area contributed by atoms with Gasteiger partial charge in [0.15, 0.2) is 5.76 Å². The second-order valence-corrected chi connectivity index (χ2v) is 7.06. The zero-order chi connectivity index (χ0) is 16.6. The van der Waals surface area contributed by atoms with Crippen LogP contribution in [0.5, 0.6) is 0 Å². The zero-order valence-corrected chi connectivity index (χ0v) is 14.3. The van der Waals surface area contributed by atoms with Crippen LogP contribution in [0.4, 0.5) is 0 Å². The van der Waals surface area contributed by atoms with Crippen LogP contribution in [-0.2, 0) is 0 Å². The summed E-state index contributed by atoms with van der Waals surface area (Å²) >= 11 is 0. The number of aromatic nitrogens is 1. The van der Waals surface area contributed by atoms with Crippen molar-refractivity contribution in [1.82, 2.24) is 15.0 Å².